The number of carboxylic acid groups (broad SMARTS) is 1. The van der Waals surface area contributed by atoms with Gasteiger partial charge in [-0.25, -0.2) is 13.2 Å². The lowest BCUT2D eigenvalue weighted by Crippen LogP contribution is -2.38. The zero-order valence-corrected chi connectivity index (χ0v) is 24.3. The van der Waals surface area contributed by atoms with Crippen LogP contribution in [-0.2, 0) is 32.3 Å². The maximum Gasteiger partial charge on any atom is 0.342 e. The van der Waals surface area contributed by atoms with Gasteiger partial charge < -0.3 is 21.1 Å². The van der Waals surface area contributed by atoms with Crippen LogP contribution in [0.25, 0.3) is 10.8 Å². The fraction of sp³-hybridized carbons (Fsp3) is 0.194. The van der Waals surface area contributed by atoms with Crippen molar-refractivity contribution in [3.05, 3.63) is 102 Å². The Hall–Kier alpha value is -4.41. The predicted molar refractivity (Wildman–Crippen MR) is 166 cm³/mol. The van der Waals surface area contributed by atoms with Crippen molar-refractivity contribution < 1.29 is 23.1 Å². The minimum absolute atomic E-state index is 0. The summed E-state index contributed by atoms with van der Waals surface area (Å²) in [5.74, 6) is -1.56. The number of amides is 1. The first-order chi connectivity index (χ1) is 19.6. The predicted octanol–water partition coefficient (Wildman–Crippen LogP) is 4.75. The molecule has 4 aromatic carbocycles. The molecule has 1 amide bonds. The minimum atomic E-state index is -4.31. The van der Waals surface area contributed by atoms with Crippen LogP contribution in [0.15, 0.2) is 89.8 Å². The normalized spacial score (nSPS) is 13.5. The van der Waals surface area contributed by atoms with E-state index in [0.717, 1.165) is 23.2 Å². The zero-order chi connectivity index (χ0) is 29.1. The van der Waals surface area contributed by atoms with Crippen molar-refractivity contribution in [1.82, 2.24) is 0 Å². The molecule has 9 nitrogen and oxygen atoms in total. The summed E-state index contributed by atoms with van der Waals surface area (Å²) in [6, 6.07) is 24.0. The number of nitrogen functional groups attached to an aromatic ring is 1. The number of aliphatic carboxylic acids is 1. The molecule has 4 aromatic rings. The number of nitrogens with one attached hydrogen (secondary N) is 2. The number of aryl methyl sites for hydroxylation is 2. The smallest absolute Gasteiger partial charge is 0.342 e. The summed E-state index contributed by atoms with van der Waals surface area (Å²) in [5.41, 5.74) is 9.03. The van der Waals surface area contributed by atoms with Crippen molar-refractivity contribution in [2.45, 2.75) is 36.0 Å². The Morgan fingerprint density at radius 3 is 2.43 bits per heavy atom. The molecule has 0 fully saturated rings. The number of amidine groups is 1. The first-order valence-corrected chi connectivity index (χ1v) is 14.8. The highest BCUT2D eigenvalue weighted by molar-refractivity contribution is 7.93. The van der Waals surface area contributed by atoms with Crippen molar-refractivity contribution in [1.29, 1.82) is 5.41 Å². The summed E-state index contributed by atoms with van der Waals surface area (Å²) in [6.07, 6.45) is 2.24. The number of nitrogens with two attached hydrogens (primary N) is 1. The highest BCUT2D eigenvalue weighted by Gasteiger charge is 2.35. The quantitative estimate of drug-likeness (QED) is 0.158. The summed E-state index contributed by atoms with van der Waals surface area (Å²) < 4.78 is 27.1. The van der Waals surface area contributed by atoms with E-state index in [1.165, 1.54) is 6.07 Å². The van der Waals surface area contributed by atoms with E-state index in [2.05, 4.69) is 5.32 Å². The van der Waals surface area contributed by atoms with Gasteiger partial charge in [-0.3, -0.25) is 10.2 Å². The summed E-state index contributed by atoms with van der Waals surface area (Å²) in [4.78, 5) is 27.1. The van der Waals surface area contributed by atoms with Crippen LogP contribution in [0.2, 0.25) is 0 Å². The molecule has 0 aromatic heterocycles. The van der Waals surface area contributed by atoms with Gasteiger partial charge >= 0.3 is 5.97 Å². The van der Waals surface area contributed by atoms with Crippen molar-refractivity contribution >= 4 is 62.1 Å². The molecule has 0 aliphatic carbocycles. The van der Waals surface area contributed by atoms with Crippen LogP contribution in [0, 0.1) is 5.41 Å². The highest BCUT2D eigenvalue weighted by atomic mass is 35.5. The Morgan fingerprint density at radius 1 is 1.00 bits per heavy atom. The molecule has 5 rings (SSSR count). The topological polar surface area (TPSA) is 154 Å². The molecule has 0 bridgehead atoms. The van der Waals surface area contributed by atoms with Gasteiger partial charge in [0.15, 0.2) is 0 Å². The van der Waals surface area contributed by atoms with Crippen molar-refractivity contribution in [2.24, 2.45) is 5.73 Å². The molecule has 1 aliphatic rings. The maximum atomic E-state index is 13.6. The Morgan fingerprint density at radius 2 is 1.71 bits per heavy atom. The fourth-order valence-corrected chi connectivity index (χ4v) is 6.75. The standard InChI is InChI=1S/C31H30N4O5S.ClH/c32-29(33)22-13-10-20(11-14-22)12-17-28(36)35-18-4-7-23-19-24(15-16-26(23)35)34-30(31(37)38)41(39,40)27-9-3-6-21-5-1-2-8-25(21)27;/h1-3,5-6,8-11,13-16,19,30,34H,4,7,12,17-18H2,(H3,32,33)(H,37,38);1H. The number of benzene rings is 4. The number of nitrogens with zero attached hydrogens (tertiary/aromatic N) is 1. The number of hydrogen-bond donors (Lipinski definition) is 4. The van der Waals surface area contributed by atoms with Crippen molar-refractivity contribution in [3.63, 3.8) is 0 Å². The summed E-state index contributed by atoms with van der Waals surface area (Å²) in [5, 5.41) is 19.4. The van der Waals surface area contributed by atoms with E-state index >= 15 is 0 Å². The molecular formula is C31H31ClN4O5S. The number of carbonyl (C=O) groups excluding carboxylic acids is 1. The van der Waals surface area contributed by atoms with Gasteiger partial charge in [-0.05, 0) is 60.0 Å². The van der Waals surface area contributed by atoms with Crippen LogP contribution in [-0.4, -0.2) is 43.2 Å². The van der Waals surface area contributed by atoms with Crippen molar-refractivity contribution in [3.8, 4) is 0 Å². The zero-order valence-electron chi connectivity index (χ0n) is 22.6. The van der Waals surface area contributed by atoms with Gasteiger partial charge in [0.05, 0.1) is 4.90 Å². The lowest BCUT2D eigenvalue weighted by Gasteiger charge is -2.30. The third-order valence-electron chi connectivity index (χ3n) is 7.28. The van der Waals surface area contributed by atoms with Crippen LogP contribution >= 0.6 is 12.4 Å². The van der Waals surface area contributed by atoms with E-state index in [1.54, 1.807) is 71.6 Å². The number of anilines is 2. The van der Waals surface area contributed by atoms with E-state index < -0.39 is 21.2 Å². The summed E-state index contributed by atoms with van der Waals surface area (Å²) in [7, 11) is -4.31. The summed E-state index contributed by atoms with van der Waals surface area (Å²) >= 11 is 0. The molecule has 0 saturated carbocycles. The molecule has 1 unspecified atom stereocenters. The van der Waals surface area contributed by atoms with Crippen molar-refractivity contribution in [2.75, 3.05) is 16.8 Å². The molecular weight excluding hydrogens is 576 g/mol. The third-order valence-corrected chi connectivity index (χ3v) is 9.19. The Labute approximate surface area is 250 Å². The van der Waals surface area contributed by atoms with Crippen LogP contribution < -0.4 is 16.0 Å². The summed E-state index contributed by atoms with van der Waals surface area (Å²) in [6.45, 7) is 0.565. The molecule has 0 spiro atoms. The average molecular weight is 607 g/mol. The SMILES string of the molecule is Cl.N=C(N)c1ccc(CCC(=O)N2CCCc3cc(NC(C(=O)O)S(=O)(=O)c4cccc5ccccc45)ccc32)cc1. The first-order valence-electron chi connectivity index (χ1n) is 13.2. The molecule has 0 saturated heterocycles. The van der Waals surface area contributed by atoms with Gasteiger partial charge in [-0.15, -0.1) is 12.4 Å². The number of hydrogen-bond acceptors (Lipinski definition) is 6. The fourth-order valence-electron chi connectivity index (χ4n) is 5.18. The average Bonchev–Trinajstić information content (AvgIpc) is 2.97. The monoisotopic (exact) mass is 606 g/mol. The number of carboxylic acids is 1. The molecule has 1 heterocycles. The number of sulfone groups is 1. The van der Waals surface area contributed by atoms with Gasteiger partial charge in [-0.1, -0.05) is 60.7 Å². The number of halogens is 1. The largest absolute Gasteiger partial charge is 0.479 e. The Bertz CT molecular complexity index is 1750. The van der Waals surface area contributed by atoms with Gasteiger partial charge in [-0.2, -0.15) is 0 Å². The molecule has 42 heavy (non-hydrogen) atoms. The van der Waals surface area contributed by atoms with Gasteiger partial charge in [0.2, 0.25) is 21.1 Å². The Balaban J connectivity index is 0.00000405. The second-order valence-electron chi connectivity index (χ2n) is 9.99. The second-order valence-corrected chi connectivity index (χ2v) is 12.0. The Kier molecular flexibility index (Phi) is 9.18. The van der Waals surface area contributed by atoms with Crippen LogP contribution in [0.5, 0.6) is 0 Å². The third kappa shape index (κ3) is 6.24. The van der Waals surface area contributed by atoms with Gasteiger partial charge in [0.25, 0.3) is 0 Å². The number of rotatable bonds is 9. The van der Waals surface area contributed by atoms with E-state index in [4.69, 9.17) is 11.1 Å². The molecule has 1 aliphatic heterocycles. The molecule has 1 atom stereocenters. The lowest BCUT2D eigenvalue weighted by atomic mass is 9.99. The van der Waals surface area contributed by atoms with E-state index in [1.807, 2.05) is 12.1 Å². The lowest BCUT2D eigenvalue weighted by molar-refractivity contribution is -0.136. The van der Waals surface area contributed by atoms with Crippen LogP contribution in [0.1, 0.15) is 29.5 Å². The van der Waals surface area contributed by atoms with Gasteiger partial charge in [0.1, 0.15) is 5.84 Å². The van der Waals surface area contributed by atoms with Gasteiger partial charge in [0, 0.05) is 35.3 Å². The number of carbonyl (C=O) groups is 2. The van der Waals surface area contributed by atoms with Crippen LogP contribution in [0.4, 0.5) is 11.4 Å². The van der Waals surface area contributed by atoms with E-state index in [0.29, 0.717) is 47.8 Å². The molecule has 5 N–H and O–H groups in total. The molecule has 218 valence electrons. The first kappa shape index (κ1) is 30.5. The number of fused-ring (bicyclic) bond motifs is 2. The second kappa shape index (κ2) is 12.6. The molecule has 0 radical (unpaired) electrons. The van der Waals surface area contributed by atoms with E-state index in [-0.39, 0.29) is 29.0 Å². The molecule has 11 heteroatoms. The maximum absolute atomic E-state index is 13.6. The minimum Gasteiger partial charge on any atom is -0.479 e. The highest BCUT2D eigenvalue weighted by Crippen LogP contribution is 2.32. The van der Waals surface area contributed by atoms with E-state index in [9.17, 15) is 23.1 Å². The van der Waals surface area contributed by atoms with Crippen LogP contribution in [0.3, 0.4) is 0 Å².